The van der Waals surface area contributed by atoms with Gasteiger partial charge in [-0.15, -0.1) is 0 Å². The molecule has 0 rings (SSSR count). The minimum atomic E-state index is 0.597. The van der Waals surface area contributed by atoms with Crippen LogP contribution in [0.4, 0.5) is 0 Å². The van der Waals surface area contributed by atoms with Crippen LogP contribution >= 0.6 is 12.2 Å². The molecule has 0 spiro atoms. The van der Waals surface area contributed by atoms with Crippen LogP contribution in [-0.4, -0.2) is 12.2 Å². The summed E-state index contributed by atoms with van der Waals surface area (Å²) in [6.07, 6.45) is 3.81. The van der Waals surface area contributed by atoms with Gasteiger partial charge in [-0.25, -0.2) is 0 Å². The average Bonchev–Trinajstić information content (AvgIpc) is 1.69. The first-order chi connectivity index (χ1) is 3.41. The van der Waals surface area contributed by atoms with Crippen molar-refractivity contribution in [2.75, 3.05) is 6.61 Å². The normalized spacial score (nSPS) is 9.29. The van der Waals surface area contributed by atoms with Gasteiger partial charge in [-0.2, -0.15) is 0 Å². The molecule has 0 N–H and O–H groups in total. The van der Waals surface area contributed by atoms with E-state index in [2.05, 4.69) is 17.0 Å². The number of ether oxygens (including phenoxy) is 1. The molecule has 1 nitrogen and oxygen atoms in total. The maximum atomic E-state index is 4.68. The van der Waals surface area contributed by atoms with Gasteiger partial charge in [-0.05, 0) is 19.1 Å². The molecule has 7 heavy (non-hydrogen) atoms. The zero-order valence-electron chi connectivity index (χ0n) is 4.26. The molecule has 0 heterocycles. The lowest BCUT2D eigenvalue weighted by Gasteiger charge is -1.86. The van der Waals surface area contributed by atoms with Gasteiger partial charge < -0.3 is 4.74 Å². The number of thiocarbonyl (C=S) groups is 1. The highest BCUT2D eigenvalue weighted by molar-refractivity contribution is 7.78. The van der Waals surface area contributed by atoms with Crippen molar-refractivity contribution < 1.29 is 4.74 Å². The van der Waals surface area contributed by atoms with Gasteiger partial charge in [0, 0.05) is 0 Å². The van der Waals surface area contributed by atoms with Crippen molar-refractivity contribution in [1.82, 2.24) is 0 Å². The largest absolute Gasteiger partial charge is 0.486 e. The Morgan fingerprint density at radius 2 is 2.43 bits per heavy atom. The van der Waals surface area contributed by atoms with E-state index in [0.29, 0.717) is 6.61 Å². The van der Waals surface area contributed by atoms with Gasteiger partial charge in [0.25, 0.3) is 0 Å². The van der Waals surface area contributed by atoms with E-state index >= 15 is 0 Å². The molecule has 0 aromatic heterocycles. The van der Waals surface area contributed by atoms with Crippen molar-refractivity contribution in [2.24, 2.45) is 0 Å². The molecule has 0 saturated carbocycles. The molecule has 0 aliphatic carbocycles. The summed E-state index contributed by atoms with van der Waals surface area (Å²) < 4.78 is 4.68. The first-order valence-corrected chi connectivity index (χ1v) is 2.55. The zero-order chi connectivity index (χ0) is 5.54. The predicted octanol–water partition coefficient (Wildman–Crippen LogP) is 1.54. The quantitative estimate of drug-likeness (QED) is 0.314. The minimum Gasteiger partial charge on any atom is -0.486 e. The number of hydrogen-bond acceptors (Lipinski definition) is 2. The third-order valence-corrected chi connectivity index (χ3v) is 0.632. The van der Waals surface area contributed by atoms with E-state index in [1.807, 2.05) is 19.1 Å². The summed E-state index contributed by atoms with van der Waals surface area (Å²) in [4.78, 5) is 0. The van der Waals surface area contributed by atoms with Crippen LogP contribution in [0.3, 0.4) is 0 Å². The van der Waals surface area contributed by atoms with Gasteiger partial charge in [-0.1, -0.05) is 12.2 Å². The van der Waals surface area contributed by atoms with Gasteiger partial charge in [0.2, 0.25) is 0 Å². The van der Waals surface area contributed by atoms with E-state index in [1.54, 1.807) is 0 Å². The molecule has 0 unspecified atom stereocenters. The highest BCUT2D eigenvalue weighted by Crippen LogP contribution is 1.71. The van der Waals surface area contributed by atoms with Gasteiger partial charge in [0.05, 0.1) is 0 Å². The van der Waals surface area contributed by atoms with E-state index in [4.69, 9.17) is 0 Å². The lowest BCUT2D eigenvalue weighted by molar-refractivity contribution is 0.376. The Hall–Kier alpha value is -0.370. The monoisotopic (exact) mass is 116 g/mol. The van der Waals surface area contributed by atoms with Gasteiger partial charge >= 0.3 is 0 Å². The van der Waals surface area contributed by atoms with Gasteiger partial charge in [0.1, 0.15) is 12.2 Å². The second-order valence-electron chi connectivity index (χ2n) is 0.999. The molecule has 0 atom stereocenters. The van der Waals surface area contributed by atoms with Crippen LogP contribution in [0.25, 0.3) is 0 Å². The molecule has 0 fully saturated rings. The van der Waals surface area contributed by atoms with Crippen LogP contribution in [0.1, 0.15) is 6.92 Å². The maximum absolute atomic E-state index is 4.68. The number of allylic oxidation sites excluding steroid dienone is 1. The molecule has 0 aromatic rings. The molecule has 2 heteroatoms. The highest BCUT2D eigenvalue weighted by Gasteiger charge is 1.66. The smallest absolute Gasteiger partial charge is 0.146 e. The molecule has 0 radical (unpaired) electrons. The van der Waals surface area contributed by atoms with Crippen LogP contribution in [0.5, 0.6) is 0 Å². The summed E-state index contributed by atoms with van der Waals surface area (Å²) in [5, 5.41) is 0. The summed E-state index contributed by atoms with van der Waals surface area (Å²) in [6, 6.07) is 0. The first kappa shape index (κ1) is 6.63. The summed E-state index contributed by atoms with van der Waals surface area (Å²) in [5.41, 5.74) is 1.26. The van der Waals surface area contributed by atoms with Gasteiger partial charge in [-0.3, -0.25) is 0 Å². The van der Waals surface area contributed by atoms with E-state index < -0.39 is 0 Å². The molecule has 0 amide bonds. The number of rotatable bonds is 3. The maximum Gasteiger partial charge on any atom is 0.146 e. The Morgan fingerprint density at radius 3 is 2.86 bits per heavy atom. The van der Waals surface area contributed by atoms with Crippen LogP contribution < -0.4 is 0 Å². The first-order valence-electron chi connectivity index (χ1n) is 2.08. The Bertz CT molecular complexity index is 68.5. The molecule has 0 aromatic carbocycles. The van der Waals surface area contributed by atoms with Crippen molar-refractivity contribution in [3.05, 3.63) is 12.2 Å². The van der Waals surface area contributed by atoms with Crippen LogP contribution in [-0.2, 0) is 4.74 Å². The zero-order valence-corrected chi connectivity index (χ0v) is 5.07. The lowest BCUT2D eigenvalue weighted by Crippen LogP contribution is -1.82. The van der Waals surface area contributed by atoms with E-state index in [9.17, 15) is 0 Å². The Morgan fingerprint density at radius 1 is 1.71 bits per heavy atom. The summed E-state index contributed by atoms with van der Waals surface area (Å²) in [7, 11) is 0. The van der Waals surface area contributed by atoms with Crippen molar-refractivity contribution in [2.45, 2.75) is 6.92 Å². The van der Waals surface area contributed by atoms with Crippen molar-refractivity contribution in [3.8, 4) is 0 Å². The molecule has 40 valence electrons. The molecule has 0 saturated heterocycles. The van der Waals surface area contributed by atoms with Crippen LogP contribution in [0.15, 0.2) is 12.2 Å². The summed E-state index contributed by atoms with van der Waals surface area (Å²) in [6.45, 7) is 2.53. The van der Waals surface area contributed by atoms with Crippen LogP contribution in [0, 0.1) is 0 Å². The molecule has 0 aliphatic rings. The molecule has 0 aliphatic heterocycles. The second-order valence-corrected chi connectivity index (χ2v) is 1.19. The molecular weight excluding hydrogens is 108 g/mol. The van der Waals surface area contributed by atoms with Crippen molar-refractivity contribution in [3.63, 3.8) is 0 Å². The lowest BCUT2D eigenvalue weighted by atomic mass is 10.6. The predicted molar refractivity (Wildman–Crippen MR) is 34.4 cm³/mol. The van der Waals surface area contributed by atoms with E-state index in [1.165, 1.54) is 5.55 Å². The Balaban J connectivity index is 2.82. The number of hydrogen-bond donors (Lipinski definition) is 0. The van der Waals surface area contributed by atoms with Crippen molar-refractivity contribution >= 4 is 17.8 Å². The standard InChI is InChI=1S/C5H8OS/c1-2-3-4-6-5-7/h2-3,5H,4H2,1H3. The minimum absolute atomic E-state index is 0.597. The third-order valence-electron chi connectivity index (χ3n) is 0.496. The SMILES string of the molecule is CC=CCOC=S. The molecule has 0 bridgehead atoms. The average molecular weight is 116 g/mol. The van der Waals surface area contributed by atoms with Crippen molar-refractivity contribution in [1.29, 1.82) is 0 Å². The topological polar surface area (TPSA) is 9.23 Å². The van der Waals surface area contributed by atoms with E-state index in [-0.39, 0.29) is 0 Å². The molecular formula is C5H8OS. The van der Waals surface area contributed by atoms with Crippen LogP contribution in [0.2, 0.25) is 0 Å². The summed E-state index contributed by atoms with van der Waals surface area (Å²) in [5.74, 6) is 0. The fourth-order valence-electron chi connectivity index (χ4n) is 0.191. The fraction of sp³-hybridized carbons (Fsp3) is 0.400. The summed E-state index contributed by atoms with van der Waals surface area (Å²) >= 11 is 4.38. The Kier molecular flexibility index (Phi) is 5.33. The highest BCUT2D eigenvalue weighted by atomic mass is 32.1. The second kappa shape index (κ2) is 5.63. The van der Waals surface area contributed by atoms with Gasteiger partial charge in [0.15, 0.2) is 0 Å². The third kappa shape index (κ3) is 5.63. The Labute approximate surface area is 49.0 Å². The van der Waals surface area contributed by atoms with E-state index in [0.717, 1.165) is 0 Å². The fourth-order valence-corrected chi connectivity index (χ4v) is 0.270.